The number of nitrogens with two attached hydrogens (primary N) is 2. The summed E-state index contributed by atoms with van der Waals surface area (Å²) in [7, 11) is 0. The van der Waals surface area contributed by atoms with Crippen LogP contribution in [0.4, 0.5) is 0 Å². The van der Waals surface area contributed by atoms with Crippen molar-refractivity contribution in [1.82, 2.24) is 16.0 Å². The van der Waals surface area contributed by atoms with Crippen molar-refractivity contribution in [2.24, 2.45) is 23.3 Å². The molecule has 0 aliphatic heterocycles. The second kappa shape index (κ2) is 12.0. The smallest absolute Gasteiger partial charge is 0.325 e. The van der Waals surface area contributed by atoms with Gasteiger partial charge in [-0.1, -0.05) is 27.7 Å². The summed E-state index contributed by atoms with van der Waals surface area (Å²) in [6.07, 6.45) is -0.106. The summed E-state index contributed by atoms with van der Waals surface area (Å²) >= 11 is 0. The highest BCUT2D eigenvalue weighted by Crippen LogP contribution is 2.06. The van der Waals surface area contributed by atoms with Crippen molar-refractivity contribution in [2.75, 3.05) is 0 Å². The Kier molecular flexibility index (Phi) is 10.9. The molecule has 0 aliphatic rings. The molecule has 0 rings (SSSR count). The van der Waals surface area contributed by atoms with Crippen LogP contribution in [0.1, 0.15) is 47.5 Å². The molecule has 0 saturated heterocycles. The molecule has 11 nitrogen and oxygen atoms in total. The molecule has 166 valence electrons. The highest BCUT2D eigenvalue weighted by Gasteiger charge is 2.31. The Balaban J connectivity index is 5.29. The number of rotatable bonds is 12. The first kappa shape index (κ1) is 26.3. The summed E-state index contributed by atoms with van der Waals surface area (Å²) in [5.41, 5.74) is 11.0. The van der Waals surface area contributed by atoms with Gasteiger partial charge in [0.15, 0.2) is 0 Å². The Morgan fingerprint density at radius 3 is 1.83 bits per heavy atom. The molecule has 4 amide bonds. The molecule has 29 heavy (non-hydrogen) atoms. The summed E-state index contributed by atoms with van der Waals surface area (Å²) in [5, 5.41) is 16.0. The molecule has 0 spiro atoms. The highest BCUT2D eigenvalue weighted by molar-refractivity contribution is 5.96. The van der Waals surface area contributed by atoms with Gasteiger partial charge >= 0.3 is 5.97 Å². The van der Waals surface area contributed by atoms with E-state index in [4.69, 9.17) is 16.6 Å². The van der Waals surface area contributed by atoms with E-state index in [2.05, 4.69) is 16.0 Å². The zero-order valence-corrected chi connectivity index (χ0v) is 17.5. The normalized spacial score (nSPS) is 15.2. The van der Waals surface area contributed by atoms with Crippen molar-refractivity contribution >= 4 is 29.6 Å². The minimum Gasteiger partial charge on any atom is -0.480 e. The molecule has 0 aromatic rings. The standard InChI is InChI=1S/C18H33N5O6/c1-8(2)6-11(19)15(25)22-12(7-13(20)24)16(26)23-14(9(3)4)17(27)21-10(5)18(28)29/h8-12,14H,6-7,19H2,1-5H3,(H2,20,24)(H,21,27)(H,22,25)(H,23,26)(H,28,29). The molecule has 4 atom stereocenters. The minimum atomic E-state index is -1.32. The number of carbonyl (C=O) groups is 5. The zero-order chi connectivity index (χ0) is 22.9. The van der Waals surface area contributed by atoms with Gasteiger partial charge in [0.1, 0.15) is 18.1 Å². The Morgan fingerprint density at radius 1 is 0.862 bits per heavy atom. The quantitative estimate of drug-likeness (QED) is 0.222. The fourth-order valence-corrected chi connectivity index (χ4v) is 2.46. The molecular weight excluding hydrogens is 382 g/mol. The number of carboxylic acid groups (broad SMARTS) is 1. The third kappa shape index (κ3) is 9.88. The topological polar surface area (TPSA) is 194 Å². The van der Waals surface area contributed by atoms with Crippen molar-refractivity contribution in [1.29, 1.82) is 0 Å². The SMILES string of the molecule is CC(C)CC(N)C(=O)NC(CC(N)=O)C(=O)NC(C(=O)NC(C)C(=O)O)C(C)C. The Morgan fingerprint density at radius 2 is 1.41 bits per heavy atom. The molecule has 0 bridgehead atoms. The minimum absolute atomic E-state index is 0.143. The van der Waals surface area contributed by atoms with E-state index < -0.39 is 66.1 Å². The van der Waals surface area contributed by atoms with E-state index >= 15 is 0 Å². The maximum Gasteiger partial charge on any atom is 0.325 e. The number of amides is 4. The summed E-state index contributed by atoms with van der Waals surface area (Å²) < 4.78 is 0. The lowest BCUT2D eigenvalue weighted by molar-refractivity contribution is -0.142. The van der Waals surface area contributed by atoms with Crippen molar-refractivity contribution in [3.05, 3.63) is 0 Å². The van der Waals surface area contributed by atoms with Crippen LogP contribution in [0, 0.1) is 11.8 Å². The lowest BCUT2D eigenvalue weighted by Gasteiger charge is -2.26. The van der Waals surface area contributed by atoms with Gasteiger partial charge in [-0.2, -0.15) is 0 Å². The van der Waals surface area contributed by atoms with Gasteiger partial charge in [-0.15, -0.1) is 0 Å². The van der Waals surface area contributed by atoms with Gasteiger partial charge in [-0.25, -0.2) is 0 Å². The molecule has 0 fully saturated rings. The Hall–Kier alpha value is -2.69. The van der Waals surface area contributed by atoms with Gasteiger partial charge < -0.3 is 32.5 Å². The number of nitrogens with one attached hydrogen (secondary N) is 3. The number of hydrogen-bond donors (Lipinski definition) is 6. The van der Waals surface area contributed by atoms with Crippen LogP contribution in [0.15, 0.2) is 0 Å². The first-order chi connectivity index (χ1) is 13.3. The van der Waals surface area contributed by atoms with Crippen LogP contribution < -0.4 is 27.4 Å². The van der Waals surface area contributed by atoms with E-state index in [-0.39, 0.29) is 5.92 Å². The van der Waals surface area contributed by atoms with Gasteiger partial charge in [0.05, 0.1) is 12.5 Å². The van der Waals surface area contributed by atoms with E-state index in [1.165, 1.54) is 6.92 Å². The average molecular weight is 415 g/mol. The summed E-state index contributed by atoms with van der Waals surface area (Å²) in [6, 6.07) is -4.43. The fourth-order valence-electron chi connectivity index (χ4n) is 2.46. The molecule has 0 aromatic carbocycles. The number of primary amides is 1. The van der Waals surface area contributed by atoms with E-state index in [1.807, 2.05) is 13.8 Å². The lowest BCUT2D eigenvalue weighted by Crippen LogP contribution is -2.58. The average Bonchev–Trinajstić information content (AvgIpc) is 2.56. The first-order valence-corrected chi connectivity index (χ1v) is 9.44. The highest BCUT2D eigenvalue weighted by atomic mass is 16.4. The summed E-state index contributed by atoms with van der Waals surface area (Å²) in [6.45, 7) is 8.34. The van der Waals surface area contributed by atoms with Crippen molar-refractivity contribution < 1.29 is 29.1 Å². The van der Waals surface area contributed by atoms with Crippen LogP contribution >= 0.6 is 0 Å². The maximum absolute atomic E-state index is 12.6. The summed E-state index contributed by atoms with van der Waals surface area (Å²) in [5.74, 6) is -4.43. The fraction of sp³-hybridized carbons (Fsp3) is 0.722. The number of hydrogen-bond acceptors (Lipinski definition) is 6. The molecule has 11 heteroatoms. The van der Waals surface area contributed by atoms with Gasteiger partial charge in [-0.05, 0) is 25.2 Å². The second-order valence-electron chi connectivity index (χ2n) is 7.77. The Labute approximate surface area is 170 Å². The van der Waals surface area contributed by atoms with E-state index in [1.54, 1.807) is 13.8 Å². The van der Waals surface area contributed by atoms with Gasteiger partial charge in [-0.3, -0.25) is 24.0 Å². The van der Waals surface area contributed by atoms with Crippen molar-refractivity contribution in [2.45, 2.75) is 71.6 Å². The number of carbonyl (C=O) groups excluding carboxylic acids is 4. The second-order valence-corrected chi connectivity index (χ2v) is 7.77. The maximum atomic E-state index is 12.6. The molecule has 4 unspecified atom stereocenters. The van der Waals surface area contributed by atoms with Crippen molar-refractivity contribution in [3.63, 3.8) is 0 Å². The van der Waals surface area contributed by atoms with Crippen LogP contribution in [0.25, 0.3) is 0 Å². The predicted molar refractivity (Wildman–Crippen MR) is 105 cm³/mol. The molecule has 0 saturated carbocycles. The molecule has 0 radical (unpaired) electrons. The molecule has 8 N–H and O–H groups in total. The number of carboxylic acids is 1. The van der Waals surface area contributed by atoms with Crippen LogP contribution in [0.2, 0.25) is 0 Å². The van der Waals surface area contributed by atoms with Crippen LogP contribution in [0.5, 0.6) is 0 Å². The lowest BCUT2D eigenvalue weighted by atomic mass is 10.0. The molecule has 0 aliphatic carbocycles. The van der Waals surface area contributed by atoms with E-state index in [0.29, 0.717) is 6.42 Å². The van der Waals surface area contributed by atoms with Gasteiger partial charge in [0, 0.05) is 0 Å². The third-order valence-corrected chi connectivity index (χ3v) is 4.08. The van der Waals surface area contributed by atoms with Gasteiger partial charge in [0.2, 0.25) is 23.6 Å². The van der Waals surface area contributed by atoms with E-state index in [9.17, 15) is 24.0 Å². The van der Waals surface area contributed by atoms with E-state index in [0.717, 1.165) is 0 Å². The molecule has 0 heterocycles. The zero-order valence-electron chi connectivity index (χ0n) is 17.5. The predicted octanol–water partition coefficient (Wildman–Crippen LogP) is -1.55. The van der Waals surface area contributed by atoms with Crippen molar-refractivity contribution in [3.8, 4) is 0 Å². The van der Waals surface area contributed by atoms with Gasteiger partial charge in [0.25, 0.3) is 0 Å². The molecular formula is C18H33N5O6. The first-order valence-electron chi connectivity index (χ1n) is 9.44. The number of aliphatic carboxylic acids is 1. The molecule has 0 aromatic heterocycles. The summed E-state index contributed by atoms with van der Waals surface area (Å²) in [4.78, 5) is 59.5. The largest absolute Gasteiger partial charge is 0.480 e. The monoisotopic (exact) mass is 415 g/mol. The third-order valence-electron chi connectivity index (χ3n) is 4.08. The Bertz CT molecular complexity index is 622. The van der Waals surface area contributed by atoms with Crippen LogP contribution in [0.3, 0.4) is 0 Å². The van der Waals surface area contributed by atoms with Crippen LogP contribution in [-0.2, 0) is 24.0 Å². The van der Waals surface area contributed by atoms with Crippen LogP contribution in [-0.4, -0.2) is 58.9 Å².